The molecule has 0 aliphatic heterocycles. The molecular formula is C35H40N2O8S. The van der Waals surface area contributed by atoms with Crippen LogP contribution in [-0.2, 0) is 21.2 Å². The molecule has 4 rings (SSSR count). The lowest BCUT2D eigenvalue weighted by atomic mass is 9.95. The number of carboxylic acids is 1. The zero-order valence-electron chi connectivity index (χ0n) is 26.3. The van der Waals surface area contributed by atoms with Crippen molar-refractivity contribution in [1.82, 2.24) is 5.32 Å². The number of rotatable bonds is 15. The van der Waals surface area contributed by atoms with Gasteiger partial charge in [-0.2, -0.15) is 0 Å². The smallest absolute Gasteiger partial charge is 0.341 e. The first-order chi connectivity index (χ1) is 21.8. The van der Waals surface area contributed by atoms with Crippen molar-refractivity contribution < 1.29 is 37.6 Å². The zero-order chi connectivity index (χ0) is 33.4. The lowest BCUT2D eigenvalue weighted by molar-refractivity contribution is -0.139. The number of aryl methyl sites for hydroxylation is 2. The summed E-state index contributed by atoms with van der Waals surface area (Å²) in [6.45, 7) is 6.27. The predicted octanol–water partition coefficient (Wildman–Crippen LogP) is 5.09. The van der Waals surface area contributed by atoms with Gasteiger partial charge in [0, 0.05) is 24.4 Å². The first kappa shape index (κ1) is 34.3. The van der Waals surface area contributed by atoms with Gasteiger partial charge < -0.3 is 35.5 Å². The highest BCUT2D eigenvalue weighted by Crippen LogP contribution is 2.37. The van der Waals surface area contributed by atoms with Crippen molar-refractivity contribution in [2.75, 3.05) is 31.7 Å². The molecule has 0 aliphatic rings. The number of aliphatic hydroxyl groups excluding tert-OH is 1. The Morgan fingerprint density at radius 1 is 0.913 bits per heavy atom. The van der Waals surface area contributed by atoms with Gasteiger partial charge in [0.15, 0.2) is 16.4 Å². The van der Waals surface area contributed by atoms with Gasteiger partial charge in [-0.15, -0.1) is 0 Å². The second-order valence-electron chi connectivity index (χ2n) is 11.1. The Morgan fingerprint density at radius 2 is 1.57 bits per heavy atom. The summed E-state index contributed by atoms with van der Waals surface area (Å²) in [6.07, 6.45) is -0.0251. The number of aliphatic carboxylic acids is 1. The molecule has 0 radical (unpaired) electrons. The van der Waals surface area contributed by atoms with E-state index >= 15 is 0 Å². The van der Waals surface area contributed by atoms with Crippen LogP contribution >= 0.6 is 0 Å². The fourth-order valence-electron chi connectivity index (χ4n) is 5.25. The summed E-state index contributed by atoms with van der Waals surface area (Å²) >= 11 is 0. The maximum Gasteiger partial charge on any atom is 0.341 e. The zero-order valence-corrected chi connectivity index (χ0v) is 27.1. The number of anilines is 1. The minimum absolute atomic E-state index is 0.0427. The van der Waals surface area contributed by atoms with Gasteiger partial charge in [-0.1, -0.05) is 48.5 Å². The summed E-state index contributed by atoms with van der Waals surface area (Å²) in [5.74, 6) is 0.280. The Hall–Kier alpha value is -4.58. The van der Waals surface area contributed by atoms with Crippen molar-refractivity contribution in [1.29, 1.82) is 0 Å². The first-order valence-electron chi connectivity index (χ1n) is 14.7. The van der Waals surface area contributed by atoms with Crippen molar-refractivity contribution in [3.05, 3.63) is 101 Å². The summed E-state index contributed by atoms with van der Waals surface area (Å²) < 4.78 is 42.4. The van der Waals surface area contributed by atoms with Crippen LogP contribution in [0.4, 0.5) is 5.69 Å². The van der Waals surface area contributed by atoms with E-state index in [1.165, 1.54) is 6.07 Å². The molecule has 11 heteroatoms. The molecule has 4 aromatic carbocycles. The van der Waals surface area contributed by atoms with Crippen molar-refractivity contribution in [2.24, 2.45) is 0 Å². The number of hydrogen-bond donors (Lipinski definition) is 4. The molecule has 4 aromatic rings. The van der Waals surface area contributed by atoms with Gasteiger partial charge in [0.25, 0.3) is 0 Å². The fraction of sp³-hybridized carbons (Fsp3) is 0.286. The SMILES string of the molecule is Cc1cc(OCCN[C@@H](C)[C@H](O)c2ccc(OCc3ccccc3)c(S(C)(=O)=O)c2N)cc(C)c1-c1ccc(OCC(=O)O)cc1. The number of ether oxygens (including phenoxy) is 3. The molecule has 0 unspecified atom stereocenters. The molecule has 0 heterocycles. The molecule has 0 fully saturated rings. The van der Waals surface area contributed by atoms with E-state index in [-0.39, 0.29) is 28.5 Å². The second-order valence-corrected chi connectivity index (χ2v) is 13.1. The molecule has 244 valence electrons. The summed E-state index contributed by atoms with van der Waals surface area (Å²) in [5, 5.41) is 23.1. The molecule has 10 nitrogen and oxygen atoms in total. The highest BCUT2D eigenvalue weighted by atomic mass is 32.2. The lowest BCUT2D eigenvalue weighted by Crippen LogP contribution is -2.35. The van der Waals surface area contributed by atoms with Crippen LogP contribution < -0.4 is 25.3 Å². The number of nitrogens with two attached hydrogens (primary N) is 1. The average Bonchev–Trinajstić information content (AvgIpc) is 3.00. The van der Waals surface area contributed by atoms with Crippen LogP contribution in [-0.4, -0.2) is 56.7 Å². The summed E-state index contributed by atoms with van der Waals surface area (Å²) in [7, 11) is -3.76. The van der Waals surface area contributed by atoms with Gasteiger partial charge in [-0.3, -0.25) is 0 Å². The second kappa shape index (κ2) is 15.1. The molecule has 0 aliphatic carbocycles. The largest absolute Gasteiger partial charge is 0.492 e. The molecule has 0 saturated heterocycles. The standard InChI is InChI=1S/C35H40N2O8S/c1-22-18-28(19-23(2)32(22)26-10-12-27(13-11-26)44-21-31(38)39)43-17-16-37-24(3)34(40)29-14-15-30(35(33(29)36)46(4,41)42)45-20-25-8-6-5-7-9-25/h5-15,18-19,24,34,37,40H,16-17,20-21,36H2,1-4H3,(H,38,39)/t24-,34-/m0/s1. The van der Waals surface area contributed by atoms with E-state index in [0.29, 0.717) is 24.7 Å². The van der Waals surface area contributed by atoms with E-state index in [1.54, 1.807) is 25.1 Å². The molecule has 0 amide bonds. The van der Waals surface area contributed by atoms with Gasteiger partial charge >= 0.3 is 5.97 Å². The maximum absolute atomic E-state index is 12.7. The van der Waals surface area contributed by atoms with E-state index in [0.717, 1.165) is 34.1 Å². The van der Waals surface area contributed by atoms with Crippen LogP contribution in [0, 0.1) is 13.8 Å². The number of nitrogens with one attached hydrogen (secondary N) is 1. The molecule has 5 N–H and O–H groups in total. The normalized spacial score (nSPS) is 12.7. The summed E-state index contributed by atoms with van der Waals surface area (Å²) in [4.78, 5) is 10.6. The van der Waals surface area contributed by atoms with E-state index in [1.807, 2.05) is 68.4 Å². The lowest BCUT2D eigenvalue weighted by Gasteiger charge is -2.24. The molecule has 0 spiro atoms. The van der Waals surface area contributed by atoms with Gasteiger partial charge in [-0.25, -0.2) is 13.2 Å². The van der Waals surface area contributed by atoms with Crippen LogP contribution in [0.3, 0.4) is 0 Å². The summed E-state index contributed by atoms with van der Waals surface area (Å²) in [5.41, 5.74) is 11.5. The Morgan fingerprint density at radius 3 is 2.17 bits per heavy atom. The Bertz CT molecular complexity index is 1740. The van der Waals surface area contributed by atoms with E-state index < -0.39 is 34.6 Å². The minimum Gasteiger partial charge on any atom is -0.492 e. The number of sulfone groups is 1. The number of aliphatic hydroxyl groups is 1. The van der Waals surface area contributed by atoms with E-state index in [2.05, 4.69) is 5.32 Å². The van der Waals surface area contributed by atoms with Gasteiger partial charge in [0.2, 0.25) is 0 Å². The van der Waals surface area contributed by atoms with Crippen LogP contribution in [0.25, 0.3) is 11.1 Å². The summed E-state index contributed by atoms with van der Waals surface area (Å²) in [6, 6.07) is 23.2. The maximum atomic E-state index is 12.7. The molecule has 2 atom stereocenters. The van der Waals surface area contributed by atoms with E-state index in [4.69, 9.17) is 25.1 Å². The van der Waals surface area contributed by atoms with Gasteiger partial charge in [0.05, 0.1) is 11.8 Å². The Balaban J connectivity index is 1.36. The molecule has 46 heavy (non-hydrogen) atoms. The van der Waals surface area contributed by atoms with Crippen molar-refractivity contribution >= 4 is 21.5 Å². The monoisotopic (exact) mass is 648 g/mol. The predicted molar refractivity (Wildman–Crippen MR) is 177 cm³/mol. The number of carboxylic acid groups (broad SMARTS) is 1. The van der Waals surface area contributed by atoms with Gasteiger partial charge in [-0.05, 0) is 78.9 Å². The van der Waals surface area contributed by atoms with Gasteiger partial charge in [0.1, 0.15) is 35.4 Å². The molecule has 0 saturated carbocycles. The van der Waals surface area contributed by atoms with Crippen LogP contribution in [0.2, 0.25) is 0 Å². The topological polar surface area (TPSA) is 157 Å². The molecule has 0 aromatic heterocycles. The van der Waals surface area contributed by atoms with Crippen molar-refractivity contribution in [3.63, 3.8) is 0 Å². The van der Waals surface area contributed by atoms with E-state index in [9.17, 15) is 18.3 Å². The average molecular weight is 649 g/mol. The Kier molecular flexibility index (Phi) is 11.3. The minimum atomic E-state index is -3.76. The van der Waals surface area contributed by atoms with Crippen LogP contribution in [0.15, 0.2) is 83.8 Å². The van der Waals surface area contributed by atoms with Crippen molar-refractivity contribution in [2.45, 2.75) is 44.4 Å². The number of benzene rings is 4. The van der Waals surface area contributed by atoms with Crippen LogP contribution in [0.1, 0.15) is 35.3 Å². The van der Waals surface area contributed by atoms with Crippen molar-refractivity contribution in [3.8, 4) is 28.4 Å². The quantitative estimate of drug-likeness (QED) is 0.101. The molecule has 0 bridgehead atoms. The number of carbonyl (C=O) groups is 1. The third-order valence-corrected chi connectivity index (χ3v) is 8.61. The fourth-order valence-corrected chi connectivity index (χ4v) is 6.26. The molecular weight excluding hydrogens is 608 g/mol. The third-order valence-electron chi connectivity index (χ3n) is 7.44. The number of nitrogen functional groups attached to an aromatic ring is 1. The third kappa shape index (κ3) is 8.78. The Labute approximate surface area is 269 Å². The highest BCUT2D eigenvalue weighted by Gasteiger charge is 2.26. The number of hydrogen-bond acceptors (Lipinski definition) is 9. The first-order valence-corrected chi connectivity index (χ1v) is 16.6. The van der Waals surface area contributed by atoms with Crippen LogP contribution in [0.5, 0.6) is 17.2 Å². The highest BCUT2D eigenvalue weighted by molar-refractivity contribution is 7.91.